The molecule has 3 heteroatoms. The lowest BCUT2D eigenvalue weighted by Crippen LogP contribution is -2.04. The zero-order chi connectivity index (χ0) is 13.9. The predicted octanol–water partition coefficient (Wildman–Crippen LogP) is 4.42. The minimum atomic E-state index is 0.115. The molecule has 1 saturated carbocycles. The van der Waals surface area contributed by atoms with Gasteiger partial charge in [0.25, 0.3) is 0 Å². The minimum absolute atomic E-state index is 0.115. The summed E-state index contributed by atoms with van der Waals surface area (Å²) in [5.74, 6) is 0.914. The zero-order valence-electron chi connectivity index (χ0n) is 11.0. The summed E-state index contributed by atoms with van der Waals surface area (Å²) in [7, 11) is 0. The standard InChI is InChI=1S/C17H15BrO2/c18-14-5-1-3-12(9-14)10-17(19)13-4-2-6-16(11-13)20-15-7-8-15/h1-6,9,11,15H,7-8,10H2. The Balaban J connectivity index is 1.72. The zero-order valence-corrected chi connectivity index (χ0v) is 12.6. The maximum atomic E-state index is 12.3. The molecule has 20 heavy (non-hydrogen) atoms. The van der Waals surface area contributed by atoms with Gasteiger partial charge in [-0.2, -0.15) is 0 Å². The SMILES string of the molecule is O=C(Cc1cccc(Br)c1)c1cccc(OC2CC2)c1. The lowest BCUT2D eigenvalue weighted by atomic mass is 10.0. The van der Waals surface area contributed by atoms with Crippen LogP contribution in [0.2, 0.25) is 0 Å². The van der Waals surface area contributed by atoms with Crippen molar-refractivity contribution in [2.75, 3.05) is 0 Å². The van der Waals surface area contributed by atoms with Gasteiger partial charge in [-0.05, 0) is 42.7 Å². The minimum Gasteiger partial charge on any atom is -0.490 e. The topological polar surface area (TPSA) is 26.3 Å². The second kappa shape index (κ2) is 5.80. The van der Waals surface area contributed by atoms with Gasteiger partial charge in [-0.1, -0.05) is 40.2 Å². The van der Waals surface area contributed by atoms with Crippen LogP contribution in [0, 0.1) is 0 Å². The van der Waals surface area contributed by atoms with Gasteiger partial charge in [0.2, 0.25) is 0 Å². The Labute approximate surface area is 126 Å². The molecule has 0 spiro atoms. The van der Waals surface area contributed by atoms with Crippen LogP contribution in [0.4, 0.5) is 0 Å². The normalized spacial score (nSPS) is 14.1. The summed E-state index contributed by atoms with van der Waals surface area (Å²) in [6, 6.07) is 15.3. The third-order valence-corrected chi connectivity index (χ3v) is 3.73. The Morgan fingerprint density at radius 2 is 1.95 bits per heavy atom. The number of rotatable bonds is 5. The lowest BCUT2D eigenvalue weighted by Gasteiger charge is -2.07. The van der Waals surface area contributed by atoms with E-state index in [0.717, 1.165) is 28.6 Å². The Kier molecular flexibility index (Phi) is 3.88. The van der Waals surface area contributed by atoms with Gasteiger partial charge in [-0.25, -0.2) is 0 Å². The fourth-order valence-corrected chi connectivity index (χ4v) is 2.50. The van der Waals surface area contributed by atoms with Crippen molar-refractivity contribution in [1.29, 1.82) is 0 Å². The highest BCUT2D eigenvalue weighted by Gasteiger charge is 2.23. The van der Waals surface area contributed by atoms with Crippen molar-refractivity contribution in [2.45, 2.75) is 25.4 Å². The maximum absolute atomic E-state index is 12.3. The summed E-state index contributed by atoms with van der Waals surface area (Å²) < 4.78 is 6.72. The summed E-state index contributed by atoms with van der Waals surface area (Å²) >= 11 is 3.42. The molecule has 1 aliphatic carbocycles. The van der Waals surface area contributed by atoms with Crippen molar-refractivity contribution in [3.05, 3.63) is 64.1 Å². The van der Waals surface area contributed by atoms with E-state index in [4.69, 9.17) is 4.74 Å². The van der Waals surface area contributed by atoms with Crippen LogP contribution in [0.3, 0.4) is 0 Å². The Hall–Kier alpha value is -1.61. The van der Waals surface area contributed by atoms with E-state index in [1.165, 1.54) is 0 Å². The van der Waals surface area contributed by atoms with Crippen molar-refractivity contribution in [3.8, 4) is 5.75 Å². The van der Waals surface area contributed by atoms with E-state index in [0.29, 0.717) is 18.1 Å². The molecule has 0 atom stereocenters. The highest BCUT2D eigenvalue weighted by molar-refractivity contribution is 9.10. The first-order valence-electron chi connectivity index (χ1n) is 6.75. The van der Waals surface area contributed by atoms with Gasteiger partial charge in [0.05, 0.1) is 6.10 Å². The van der Waals surface area contributed by atoms with Crippen LogP contribution in [-0.4, -0.2) is 11.9 Å². The molecule has 0 unspecified atom stereocenters. The Morgan fingerprint density at radius 1 is 1.15 bits per heavy atom. The number of ether oxygens (including phenoxy) is 1. The quantitative estimate of drug-likeness (QED) is 0.759. The summed E-state index contributed by atoms with van der Waals surface area (Å²) in [6.45, 7) is 0. The van der Waals surface area contributed by atoms with Gasteiger partial charge in [0.15, 0.2) is 5.78 Å². The molecule has 0 saturated heterocycles. The number of carbonyl (C=O) groups excluding carboxylic acids is 1. The van der Waals surface area contributed by atoms with Gasteiger partial charge >= 0.3 is 0 Å². The van der Waals surface area contributed by atoms with E-state index in [1.807, 2.05) is 48.5 Å². The van der Waals surface area contributed by atoms with Gasteiger partial charge in [-0.3, -0.25) is 4.79 Å². The molecule has 0 aromatic heterocycles. The molecular formula is C17H15BrO2. The molecule has 0 radical (unpaired) electrons. The van der Waals surface area contributed by atoms with Crippen LogP contribution in [-0.2, 0) is 6.42 Å². The van der Waals surface area contributed by atoms with Crippen LogP contribution in [0.25, 0.3) is 0 Å². The summed E-state index contributed by atoms with van der Waals surface area (Å²) in [4.78, 5) is 12.3. The van der Waals surface area contributed by atoms with E-state index in [9.17, 15) is 4.79 Å². The van der Waals surface area contributed by atoms with Crippen LogP contribution in [0.15, 0.2) is 53.0 Å². The van der Waals surface area contributed by atoms with E-state index in [-0.39, 0.29) is 5.78 Å². The van der Waals surface area contributed by atoms with Crippen LogP contribution < -0.4 is 4.74 Å². The number of benzene rings is 2. The number of hydrogen-bond acceptors (Lipinski definition) is 2. The summed E-state index contributed by atoms with van der Waals surface area (Å²) in [6.07, 6.45) is 3.00. The molecule has 2 aromatic carbocycles. The second-order valence-electron chi connectivity index (χ2n) is 5.07. The van der Waals surface area contributed by atoms with Gasteiger partial charge in [0, 0.05) is 16.5 Å². The Bertz CT molecular complexity index is 632. The molecule has 0 heterocycles. The monoisotopic (exact) mass is 330 g/mol. The average Bonchev–Trinajstić information content (AvgIpc) is 3.23. The van der Waals surface area contributed by atoms with E-state index >= 15 is 0 Å². The highest BCUT2D eigenvalue weighted by Crippen LogP contribution is 2.27. The number of Topliss-reactive ketones (excluding diaryl/α,β-unsaturated/α-hetero) is 1. The van der Waals surface area contributed by atoms with E-state index in [1.54, 1.807) is 0 Å². The molecule has 0 aliphatic heterocycles. The second-order valence-corrected chi connectivity index (χ2v) is 5.99. The molecule has 0 amide bonds. The highest BCUT2D eigenvalue weighted by atomic mass is 79.9. The molecule has 0 N–H and O–H groups in total. The average molecular weight is 331 g/mol. The number of carbonyl (C=O) groups is 1. The van der Waals surface area contributed by atoms with Gasteiger partial charge in [-0.15, -0.1) is 0 Å². The van der Waals surface area contributed by atoms with Crippen molar-refractivity contribution < 1.29 is 9.53 Å². The molecule has 2 aromatic rings. The van der Waals surface area contributed by atoms with Gasteiger partial charge < -0.3 is 4.74 Å². The molecule has 1 fully saturated rings. The molecule has 3 rings (SSSR count). The van der Waals surface area contributed by atoms with Crippen molar-refractivity contribution in [3.63, 3.8) is 0 Å². The largest absolute Gasteiger partial charge is 0.490 e. The van der Waals surface area contributed by atoms with Crippen molar-refractivity contribution in [2.24, 2.45) is 0 Å². The summed E-state index contributed by atoms with van der Waals surface area (Å²) in [5, 5.41) is 0. The Morgan fingerprint density at radius 3 is 2.70 bits per heavy atom. The number of ketones is 1. The van der Waals surface area contributed by atoms with E-state index < -0.39 is 0 Å². The third kappa shape index (κ3) is 3.48. The van der Waals surface area contributed by atoms with Crippen LogP contribution >= 0.6 is 15.9 Å². The molecule has 102 valence electrons. The lowest BCUT2D eigenvalue weighted by molar-refractivity contribution is 0.0992. The van der Waals surface area contributed by atoms with Crippen molar-refractivity contribution in [1.82, 2.24) is 0 Å². The van der Waals surface area contributed by atoms with Crippen LogP contribution in [0.5, 0.6) is 5.75 Å². The van der Waals surface area contributed by atoms with E-state index in [2.05, 4.69) is 15.9 Å². The number of halogens is 1. The fourth-order valence-electron chi connectivity index (χ4n) is 2.06. The smallest absolute Gasteiger partial charge is 0.167 e. The first-order chi connectivity index (χ1) is 9.70. The van der Waals surface area contributed by atoms with Crippen LogP contribution in [0.1, 0.15) is 28.8 Å². The predicted molar refractivity (Wildman–Crippen MR) is 82.3 cm³/mol. The van der Waals surface area contributed by atoms with Crippen molar-refractivity contribution >= 4 is 21.7 Å². The first kappa shape index (κ1) is 13.4. The third-order valence-electron chi connectivity index (χ3n) is 3.24. The molecular weight excluding hydrogens is 316 g/mol. The summed E-state index contributed by atoms with van der Waals surface area (Å²) in [5.41, 5.74) is 1.72. The number of hydrogen-bond donors (Lipinski definition) is 0. The first-order valence-corrected chi connectivity index (χ1v) is 7.54. The van der Waals surface area contributed by atoms with Gasteiger partial charge in [0.1, 0.15) is 5.75 Å². The maximum Gasteiger partial charge on any atom is 0.167 e. The molecule has 1 aliphatic rings. The molecule has 2 nitrogen and oxygen atoms in total. The molecule has 0 bridgehead atoms. The fraction of sp³-hybridized carbons (Fsp3) is 0.235.